The first-order chi connectivity index (χ1) is 12.7. The maximum absolute atomic E-state index is 12.6. The molecule has 0 aliphatic carbocycles. The van der Waals surface area contributed by atoms with Gasteiger partial charge in [0, 0.05) is 31.9 Å². The van der Waals surface area contributed by atoms with Crippen LogP contribution < -0.4 is 14.8 Å². The van der Waals surface area contributed by atoms with Crippen LogP contribution in [-0.2, 0) is 22.7 Å². The molecule has 26 heavy (non-hydrogen) atoms. The van der Waals surface area contributed by atoms with E-state index >= 15 is 0 Å². The number of pyridine rings is 1. The van der Waals surface area contributed by atoms with Crippen LogP contribution in [0.2, 0.25) is 0 Å². The highest BCUT2D eigenvalue weighted by Crippen LogP contribution is 2.33. The third-order valence-electron chi connectivity index (χ3n) is 4.64. The van der Waals surface area contributed by atoms with E-state index in [2.05, 4.69) is 10.3 Å². The van der Waals surface area contributed by atoms with Gasteiger partial charge in [-0.2, -0.15) is 0 Å². The van der Waals surface area contributed by atoms with Crippen LogP contribution in [-0.4, -0.2) is 34.5 Å². The fourth-order valence-electron chi connectivity index (χ4n) is 3.25. The lowest BCUT2D eigenvalue weighted by Crippen LogP contribution is -2.44. The molecule has 2 aromatic rings. The molecule has 134 valence electrons. The number of carbonyl (C=O) groups excluding carboxylic acids is 2. The second-order valence-electron chi connectivity index (χ2n) is 6.34. The Kier molecular flexibility index (Phi) is 4.43. The van der Waals surface area contributed by atoms with Crippen molar-refractivity contribution in [3.8, 4) is 11.5 Å². The molecule has 1 aromatic carbocycles. The van der Waals surface area contributed by atoms with Crippen LogP contribution in [0.3, 0.4) is 0 Å². The van der Waals surface area contributed by atoms with E-state index in [-0.39, 0.29) is 18.6 Å². The summed E-state index contributed by atoms with van der Waals surface area (Å²) in [5, 5.41) is 2.91. The normalized spacial score (nSPS) is 18.2. The van der Waals surface area contributed by atoms with E-state index in [9.17, 15) is 9.59 Å². The maximum Gasteiger partial charge on any atom is 0.243 e. The number of ether oxygens (including phenoxy) is 2. The summed E-state index contributed by atoms with van der Waals surface area (Å²) in [4.78, 5) is 30.5. The Bertz CT molecular complexity index is 825. The fraction of sp³-hybridized carbons (Fsp3) is 0.316. The molecule has 3 heterocycles. The van der Waals surface area contributed by atoms with Gasteiger partial charge in [0.05, 0.1) is 0 Å². The molecule has 0 bridgehead atoms. The lowest BCUT2D eigenvalue weighted by atomic mass is 10.1. The Morgan fingerprint density at radius 2 is 1.96 bits per heavy atom. The molecule has 2 aliphatic rings. The fourth-order valence-corrected chi connectivity index (χ4v) is 3.25. The summed E-state index contributed by atoms with van der Waals surface area (Å²) in [6, 6.07) is 8.84. The average molecular weight is 353 g/mol. The van der Waals surface area contributed by atoms with Crippen molar-refractivity contribution in [1.82, 2.24) is 15.2 Å². The van der Waals surface area contributed by atoms with E-state index in [1.165, 1.54) is 0 Å². The standard InChI is InChI=1S/C19H19N3O4/c23-18-4-2-15(19(24)21-10-13-5-7-20-8-6-13)22(18)11-14-1-3-16-17(9-14)26-12-25-16/h1,3,5-9,15H,2,4,10-12H2,(H,21,24). The van der Waals surface area contributed by atoms with Gasteiger partial charge in [-0.25, -0.2) is 0 Å². The van der Waals surface area contributed by atoms with E-state index in [1.807, 2.05) is 30.3 Å². The molecular weight excluding hydrogens is 334 g/mol. The molecule has 2 aliphatic heterocycles. The first-order valence-electron chi connectivity index (χ1n) is 8.55. The predicted octanol–water partition coefficient (Wildman–Crippen LogP) is 1.62. The van der Waals surface area contributed by atoms with Gasteiger partial charge in [-0.15, -0.1) is 0 Å². The molecule has 2 amide bonds. The van der Waals surface area contributed by atoms with Crippen LogP contribution in [0.1, 0.15) is 24.0 Å². The zero-order valence-electron chi connectivity index (χ0n) is 14.2. The predicted molar refractivity (Wildman–Crippen MR) is 92.2 cm³/mol. The van der Waals surface area contributed by atoms with E-state index in [0.717, 1.165) is 11.1 Å². The van der Waals surface area contributed by atoms with Crippen molar-refractivity contribution in [1.29, 1.82) is 0 Å². The lowest BCUT2D eigenvalue weighted by molar-refractivity contribution is -0.135. The van der Waals surface area contributed by atoms with E-state index in [4.69, 9.17) is 9.47 Å². The number of likely N-dealkylation sites (tertiary alicyclic amines) is 1. The summed E-state index contributed by atoms with van der Waals surface area (Å²) in [5.74, 6) is 1.24. The molecule has 1 aromatic heterocycles. The van der Waals surface area contributed by atoms with E-state index < -0.39 is 6.04 Å². The number of fused-ring (bicyclic) bond motifs is 1. The maximum atomic E-state index is 12.6. The Balaban J connectivity index is 1.42. The van der Waals surface area contributed by atoms with Gasteiger partial charge in [0.15, 0.2) is 11.5 Å². The molecule has 0 radical (unpaired) electrons. The summed E-state index contributed by atoms with van der Waals surface area (Å²) >= 11 is 0. The zero-order valence-corrected chi connectivity index (χ0v) is 14.2. The van der Waals surface area contributed by atoms with Crippen LogP contribution in [0.5, 0.6) is 11.5 Å². The number of benzene rings is 1. The van der Waals surface area contributed by atoms with Gasteiger partial charge in [0.1, 0.15) is 6.04 Å². The molecule has 1 atom stereocenters. The van der Waals surface area contributed by atoms with E-state index in [0.29, 0.717) is 37.4 Å². The first kappa shape index (κ1) is 16.4. The van der Waals surface area contributed by atoms with Gasteiger partial charge in [-0.05, 0) is 41.8 Å². The van der Waals surface area contributed by atoms with Gasteiger partial charge in [-0.3, -0.25) is 14.6 Å². The molecule has 7 heteroatoms. The van der Waals surface area contributed by atoms with Gasteiger partial charge in [0.25, 0.3) is 0 Å². The number of nitrogens with one attached hydrogen (secondary N) is 1. The molecule has 1 N–H and O–H groups in total. The van der Waals surface area contributed by atoms with Crippen LogP contribution >= 0.6 is 0 Å². The highest BCUT2D eigenvalue weighted by molar-refractivity contribution is 5.90. The topological polar surface area (TPSA) is 80.8 Å². The van der Waals surface area contributed by atoms with E-state index in [1.54, 1.807) is 17.3 Å². The van der Waals surface area contributed by atoms with Crippen molar-refractivity contribution in [2.75, 3.05) is 6.79 Å². The molecule has 1 unspecified atom stereocenters. The Morgan fingerprint density at radius 1 is 1.15 bits per heavy atom. The second kappa shape index (κ2) is 7.03. The first-order valence-corrected chi connectivity index (χ1v) is 8.55. The highest BCUT2D eigenvalue weighted by atomic mass is 16.7. The summed E-state index contributed by atoms with van der Waals surface area (Å²) in [6.45, 7) is 1.01. The number of aromatic nitrogens is 1. The number of hydrogen-bond donors (Lipinski definition) is 1. The SMILES string of the molecule is O=C(NCc1ccncc1)C1CCC(=O)N1Cc1ccc2c(c1)OCO2. The number of nitrogens with zero attached hydrogens (tertiary/aromatic N) is 2. The van der Waals surface area contributed by atoms with Gasteiger partial charge >= 0.3 is 0 Å². The van der Waals surface area contributed by atoms with Gasteiger partial charge in [-0.1, -0.05) is 6.07 Å². The number of amides is 2. The second-order valence-corrected chi connectivity index (χ2v) is 6.34. The van der Waals surface area contributed by atoms with Crippen molar-refractivity contribution >= 4 is 11.8 Å². The third kappa shape index (κ3) is 3.33. The molecule has 0 saturated carbocycles. The lowest BCUT2D eigenvalue weighted by Gasteiger charge is -2.24. The monoisotopic (exact) mass is 353 g/mol. The Morgan fingerprint density at radius 3 is 2.81 bits per heavy atom. The minimum Gasteiger partial charge on any atom is -0.454 e. The average Bonchev–Trinajstić information content (AvgIpc) is 3.27. The smallest absolute Gasteiger partial charge is 0.243 e. The third-order valence-corrected chi connectivity index (χ3v) is 4.64. The molecule has 1 fully saturated rings. The zero-order chi connectivity index (χ0) is 17.9. The minimum absolute atomic E-state index is 0.00766. The van der Waals surface area contributed by atoms with Crippen LogP contribution in [0.25, 0.3) is 0 Å². The highest BCUT2D eigenvalue weighted by Gasteiger charge is 2.36. The van der Waals surface area contributed by atoms with Crippen molar-refractivity contribution in [3.05, 3.63) is 53.9 Å². The number of carbonyl (C=O) groups is 2. The molecular formula is C19H19N3O4. The van der Waals surface area contributed by atoms with Gasteiger partial charge < -0.3 is 19.7 Å². The van der Waals surface area contributed by atoms with Crippen LogP contribution in [0.4, 0.5) is 0 Å². The Labute approximate surface area is 150 Å². The van der Waals surface area contributed by atoms with Crippen LogP contribution in [0.15, 0.2) is 42.7 Å². The summed E-state index contributed by atoms with van der Waals surface area (Å²) in [7, 11) is 0. The molecule has 7 nitrogen and oxygen atoms in total. The van der Waals surface area contributed by atoms with Crippen LogP contribution in [0, 0.1) is 0 Å². The molecule has 1 saturated heterocycles. The Hall–Kier alpha value is -3.09. The number of hydrogen-bond acceptors (Lipinski definition) is 5. The van der Waals surface area contributed by atoms with Crippen molar-refractivity contribution in [2.24, 2.45) is 0 Å². The van der Waals surface area contributed by atoms with Gasteiger partial charge in [0.2, 0.25) is 18.6 Å². The van der Waals surface area contributed by atoms with Crippen molar-refractivity contribution < 1.29 is 19.1 Å². The number of rotatable bonds is 5. The largest absolute Gasteiger partial charge is 0.454 e. The quantitative estimate of drug-likeness (QED) is 0.883. The summed E-state index contributed by atoms with van der Waals surface area (Å²) in [6.07, 6.45) is 4.29. The summed E-state index contributed by atoms with van der Waals surface area (Å²) in [5.41, 5.74) is 1.89. The molecule has 4 rings (SSSR count). The van der Waals surface area contributed by atoms with Crippen molar-refractivity contribution in [2.45, 2.75) is 32.0 Å². The minimum atomic E-state index is -0.449. The van der Waals surface area contributed by atoms with Crippen molar-refractivity contribution in [3.63, 3.8) is 0 Å². The summed E-state index contributed by atoms with van der Waals surface area (Å²) < 4.78 is 10.7. The molecule has 0 spiro atoms.